The van der Waals surface area contributed by atoms with Crippen LogP contribution < -0.4 is 29.6 Å². The van der Waals surface area contributed by atoms with E-state index in [1.165, 1.54) is 148 Å². The van der Waals surface area contributed by atoms with E-state index in [-0.39, 0.29) is 29.6 Å². The van der Waals surface area contributed by atoms with E-state index < -0.39 is 0 Å². The van der Waals surface area contributed by atoms with Gasteiger partial charge in [-0.2, -0.15) is 0 Å². The molecule has 0 aromatic carbocycles. The van der Waals surface area contributed by atoms with Crippen molar-refractivity contribution in [3.63, 3.8) is 0 Å². The van der Waals surface area contributed by atoms with Crippen molar-refractivity contribution < 1.29 is 29.6 Å². The van der Waals surface area contributed by atoms with E-state index in [2.05, 4.69) is 0 Å². The van der Waals surface area contributed by atoms with Crippen LogP contribution in [0.4, 0.5) is 0 Å². The molecule has 0 radical (unpaired) electrons. The molecule has 1 heterocycles. The van der Waals surface area contributed by atoms with Crippen LogP contribution in [0.15, 0.2) is 0 Å². The van der Waals surface area contributed by atoms with Crippen LogP contribution in [0.2, 0.25) is 0 Å². The molecule has 2 heteroatoms. The fourth-order valence-corrected chi connectivity index (χ4v) is 9.41. The summed E-state index contributed by atoms with van der Waals surface area (Å²) in [5, 5.41) is 6.44. The summed E-state index contributed by atoms with van der Waals surface area (Å²) in [5.74, 6) is 3.73. The van der Waals surface area contributed by atoms with Crippen molar-refractivity contribution in [3.8, 4) is 0 Å². The van der Waals surface area contributed by atoms with Crippen LogP contribution in [0.1, 0.15) is 148 Å². The Morgan fingerprint density at radius 3 is 0.871 bits per heavy atom. The fraction of sp³-hybridized carbons (Fsp3) is 1.00. The fourth-order valence-electron chi connectivity index (χ4n) is 9.41. The molecular formula is C29H50NNa. The van der Waals surface area contributed by atoms with Gasteiger partial charge >= 0.3 is 29.6 Å². The predicted octanol–water partition coefficient (Wildman–Crippen LogP) is 6.35. The molecule has 1 nitrogen and oxygen atoms in total. The molecule has 5 aliphatic rings. The summed E-state index contributed by atoms with van der Waals surface area (Å²) < 4.78 is 0. The van der Waals surface area contributed by atoms with Crippen LogP contribution >= 0.6 is 0 Å². The summed E-state index contributed by atoms with van der Waals surface area (Å²) in [6, 6.07) is 0. The molecule has 0 aromatic heterocycles. The van der Waals surface area contributed by atoms with Crippen LogP contribution in [0.5, 0.6) is 0 Å². The topological polar surface area (TPSA) is 14.1 Å². The van der Waals surface area contributed by atoms with E-state index in [1.807, 2.05) is 0 Å². The minimum absolute atomic E-state index is 0. The Labute approximate surface area is 216 Å². The van der Waals surface area contributed by atoms with Gasteiger partial charge in [0.25, 0.3) is 0 Å². The SMILES string of the molecule is C1CCC(C2(C3CCCCC3)CCCC(C3CCCCC3)(C3CCCCC3)[N-]2)CC1.[Na+]. The molecule has 0 atom stereocenters. The second-order valence-electron chi connectivity index (χ2n) is 12.3. The van der Waals surface area contributed by atoms with E-state index in [0.717, 1.165) is 23.7 Å². The van der Waals surface area contributed by atoms with Crippen molar-refractivity contribution in [2.24, 2.45) is 23.7 Å². The number of rotatable bonds is 4. The van der Waals surface area contributed by atoms with E-state index in [1.54, 1.807) is 0 Å². The summed E-state index contributed by atoms with van der Waals surface area (Å²) in [5.41, 5.74) is 0.766. The molecule has 0 spiro atoms. The van der Waals surface area contributed by atoms with Crippen LogP contribution in [0.25, 0.3) is 5.32 Å². The van der Waals surface area contributed by atoms with Crippen molar-refractivity contribution in [3.05, 3.63) is 5.32 Å². The van der Waals surface area contributed by atoms with E-state index in [4.69, 9.17) is 5.32 Å². The number of hydrogen-bond donors (Lipinski definition) is 0. The molecule has 31 heavy (non-hydrogen) atoms. The monoisotopic (exact) mass is 435 g/mol. The molecule has 5 fully saturated rings. The standard InChI is InChI=1S/C29H50N.Na/c1-5-14-24(15-6-1)28(25-16-7-2-8-17-25)22-13-23-29(30-28,26-18-9-3-10-19-26)27-20-11-4-12-21-27;/h24-27H,1-23H2;/q-1;+1. The van der Waals surface area contributed by atoms with E-state index in [0.29, 0.717) is 11.1 Å². The van der Waals surface area contributed by atoms with Crippen molar-refractivity contribution in [2.75, 3.05) is 0 Å². The van der Waals surface area contributed by atoms with Gasteiger partial charge in [0.2, 0.25) is 0 Å². The Morgan fingerprint density at radius 1 is 0.355 bits per heavy atom. The third kappa shape index (κ3) is 5.16. The van der Waals surface area contributed by atoms with Gasteiger partial charge in [-0.15, -0.1) is 11.1 Å². The van der Waals surface area contributed by atoms with Gasteiger partial charge in [-0.25, -0.2) is 0 Å². The first-order valence-corrected chi connectivity index (χ1v) is 14.6. The second kappa shape index (κ2) is 11.6. The Hall–Kier alpha value is 0.960. The van der Waals surface area contributed by atoms with Gasteiger partial charge in [0.05, 0.1) is 0 Å². The zero-order valence-corrected chi connectivity index (χ0v) is 23.0. The molecule has 1 saturated heterocycles. The van der Waals surface area contributed by atoms with Crippen molar-refractivity contribution in [1.29, 1.82) is 0 Å². The van der Waals surface area contributed by atoms with Gasteiger partial charge < -0.3 is 5.32 Å². The maximum Gasteiger partial charge on any atom is 1.00 e. The summed E-state index contributed by atoms with van der Waals surface area (Å²) in [6.45, 7) is 0. The van der Waals surface area contributed by atoms with Gasteiger partial charge in [-0.3, -0.25) is 0 Å². The first-order valence-electron chi connectivity index (χ1n) is 14.6. The zero-order chi connectivity index (χ0) is 20.3. The quantitative estimate of drug-likeness (QED) is 0.457. The molecule has 1 aliphatic heterocycles. The average Bonchev–Trinajstić information content (AvgIpc) is 2.86. The summed E-state index contributed by atoms with van der Waals surface area (Å²) in [6.07, 6.45) is 34.4. The van der Waals surface area contributed by atoms with Crippen molar-refractivity contribution >= 4 is 0 Å². The smallest absolute Gasteiger partial charge is 0.650 e. The molecule has 4 aliphatic carbocycles. The maximum atomic E-state index is 6.44. The summed E-state index contributed by atoms with van der Waals surface area (Å²) >= 11 is 0. The van der Waals surface area contributed by atoms with Gasteiger partial charge in [-0.1, -0.05) is 171 Å². The van der Waals surface area contributed by atoms with E-state index >= 15 is 0 Å². The number of piperidine rings is 1. The van der Waals surface area contributed by atoms with Crippen LogP contribution in [-0.4, -0.2) is 11.1 Å². The van der Waals surface area contributed by atoms with Gasteiger partial charge in [0.15, 0.2) is 0 Å². The van der Waals surface area contributed by atoms with Gasteiger partial charge in [0.1, 0.15) is 0 Å². The van der Waals surface area contributed by atoms with Gasteiger partial charge in [-0.05, 0) is 0 Å². The third-order valence-electron chi connectivity index (χ3n) is 10.8. The average molecular weight is 436 g/mol. The molecule has 0 unspecified atom stereocenters. The number of hydrogen-bond acceptors (Lipinski definition) is 0. The van der Waals surface area contributed by atoms with Gasteiger partial charge in [0, 0.05) is 0 Å². The van der Waals surface area contributed by atoms with Crippen molar-refractivity contribution in [1.82, 2.24) is 0 Å². The molecule has 5 rings (SSSR count). The normalized spacial score (nSPS) is 31.7. The molecule has 172 valence electrons. The Bertz CT molecular complexity index is 439. The molecule has 0 N–H and O–H groups in total. The maximum absolute atomic E-state index is 6.44. The number of nitrogens with zero attached hydrogens (tertiary/aromatic N) is 1. The molecule has 0 amide bonds. The largest absolute Gasteiger partial charge is 1.00 e. The van der Waals surface area contributed by atoms with E-state index in [9.17, 15) is 0 Å². The first-order chi connectivity index (χ1) is 14.8. The molecule has 0 bridgehead atoms. The van der Waals surface area contributed by atoms with Crippen LogP contribution in [0.3, 0.4) is 0 Å². The van der Waals surface area contributed by atoms with Crippen LogP contribution in [-0.2, 0) is 0 Å². The van der Waals surface area contributed by atoms with Crippen molar-refractivity contribution in [2.45, 2.75) is 159 Å². The Morgan fingerprint density at radius 2 is 0.613 bits per heavy atom. The Kier molecular flexibility index (Phi) is 9.37. The minimum atomic E-state index is 0. The third-order valence-corrected chi connectivity index (χ3v) is 10.8. The minimum Gasteiger partial charge on any atom is -0.650 e. The zero-order valence-electron chi connectivity index (χ0n) is 21.0. The summed E-state index contributed by atoms with van der Waals surface area (Å²) in [7, 11) is 0. The Balaban J connectivity index is 0.00000231. The van der Waals surface area contributed by atoms with Crippen LogP contribution in [0, 0.1) is 23.7 Å². The summed E-state index contributed by atoms with van der Waals surface area (Å²) in [4.78, 5) is 0. The predicted molar refractivity (Wildman–Crippen MR) is 129 cm³/mol. The second-order valence-corrected chi connectivity index (χ2v) is 12.3. The molecular weight excluding hydrogens is 385 g/mol. The molecule has 0 aromatic rings. The first kappa shape index (κ1) is 25.1. The molecule has 4 saturated carbocycles.